The average Bonchev–Trinajstić information content (AvgIpc) is 3.26. The number of aromatic nitrogens is 3. The standard InChI is InChI=1S/C18H27N5OS2/c1-2-5-16-20-21-18(25)23(16)13-17(24)19-10-14-6-3-8-22(11-14)12-15-7-4-9-26-15/h4,7,9,14H,2-3,5-6,8,10-13H2,1H3,(H,19,24)(H,21,25). The first kappa shape index (κ1) is 19.3. The maximum absolute atomic E-state index is 12.4. The number of hydrogen-bond donors (Lipinski definition) is 2. The number of piperidine rings is 1. The van der Waals surface area contributed by atoms with Gasteiger partial charge in [-0.2, -0.15) is 5.10 Å². The van der Waals surface area contributed by atoms with Crippen LogP contribution in [-0.4, -0.2) is 45.2 Å². The molecule has 0 aliphatic carbocycles. The van der Waals surface area contributed by atoms with E-state index in [-0.39, 0.29) is 12.5 Å². The van der Waals surface area contributed by atoms with Gasteiger partial charge < -0.3 is 5.32 Å². The van der Waals surface area contributed by atoms with Crippen molar-refractivity contribution in [3.05, 3.63) is 33.0 Å². The maximum atomic E-state index is 12.4. The number of carbonyl (C=O) groups excluding carboxylic acids is 1. The fraction of sp³-hybridized carbons (Fsp3) is 0.611. The summed E-state index contributed by atoms with van der Waals surface area (Å²) in [7, 11) is 0. The Hall–Kier alpha value is -1.51. The summed E-state index contributed by atoms with van der Waals surface area (Å²) in [6, 6.07) is 4.30. The lowest BCUT2D eigenvalue weighted by molar-refractivity contribution is -0.122. The van der Waals surface area contributed by atoms with Crippen LogP contribution in [0.3, 0.4) is 0 Å². The number of amides is 1. The zero-order valence-electron chi connectivity index (χ0n) is 15.2. The van der Waals surface area contributed by atoms with Crippen LogP contribution in [0.5, 0.6) is 0 Å². The molecule has 26 heavy (non-hydrogen) atoms. The minimum Gasteiger partial charge on any atom is -0.354 e. The van der Waals surface area contributed by atoms with E-state index in [0.29, 0.717) is 10.7 Å². The number of likely N-dealkylation sites (tertiary alicyclic amines) is 1. The topological polar surface area (TPSA) is 66.0 Å². The predicted octanol–water partition coefficient (Wildman–Crippen LogP) is 2.98. The second kappa shape index (κ2) is 9.43. The first-order valence-electron chi connectivity index (χ1n) is 9.31. The van der Waals surface area contributed by atoms with Crippen molar-refractivity contribution in [2.75, 3.05) is 19.6 Å². The van der Waals surface area contributed by atoms with Crippen molar-refractivity contribution in [2.45, 2.75) is 45.7 Å². The minimum absolute atomic E-state index is 0.00948. The fourth-order valence-electron chi connectivity index (χ4n) is 3.47. The fourth-order valence-corrected chi connectivity index (χ4v) is 4.43. The number of hydrogen-bond acceptors (Lipinski definition) is 5. The van der Waals surface area contributed by atoms with Crippen LogP contribution in [0.2, 0.25) is 0 Å². The van der Waals surface area contributed by atoms with Gasteiger partial charge in [-0.15, -0.1) is 11.3 Å². The molecule has 0 bridgehead atoms. The van der Waals surface area contributed by atoms with Crippen molar-refractivity contribution < 1.29 is 4.79 Å². The van der Waals surface area contributed by atoms with E-state index in [1.807, 2.05) is 11.3 Å². The molecule has 1 saturated heterocycles. The molecule has 0 radical (unpaired) electrons. The number of H-pyrrole nitrogens is 1. The van der Waals surface area contributed by atoms with E-state index in [1.165, 1.54) is 17.7 Å². The summed E-state index contributed by atoms with van der Waals surface area (Å²) < 4.78 is 2.32. The zero-order valence-corrected chi connectivity index (χ0v) is 16.9. The van der Waals surface area contributed by atoms with E-state index in [4.69, 9.17) is 12.2 Å². The number of nitrogens with zero attached hydrogens (tertiary/aromatic N) is 3. The molecule has 142 valence electrons. The van der Waals surface area contributed by atoms with Crippen LogP contribution >= 0.6 is 23.6 Å². The lowest BCUT2D eigenvalue weighted by Crippen LogP contribution is -2.41. The van der Waals surface area contributed by atoms with E-state index >= 15 is 0 Å². The molecular weight excluding hydrogens is 366 g/mol. The Bertz CT molecular complexity index is 752. The summed E-state index contributed by atoms with van der Waals surface area (Å²) in [5, 5.41) is 12.2. The van der Waals surface area contributed by atoms with Crippen molar-refractivity contribution >= 4 is 29.5 Å². The van der Waals surface area contributed by atoms with Crippen molar-refractivity contribution in [1.82, 2.24) is 25.0 Å². The summed E-state index contributed by atoms with van der Waals surface area (Å²) in [6.45, 7) is 6.28. The average molecular weight is 394 g/mol. The zero-order chi connectivity index (χ0) is 18.4. The van der Waals surface area contributed by atoms with Gasteiger partial charge in [0.1, 0.15) is 12.4 Å². The highest BCUT2D eigenvalue weighted by atomic mass is 32.1. The van der Waals surface area contributed by atoms with E-state index in [9.17, 15) is 4.79 Å². The second-order valence-corrected chi connectivity index (χ2v) is 8.33. The first-order chi connectivity index (χ1) is 12.7. The highest BCUT2D eigenvalue weighted by Crippen LogP contribution is 2.20. The molecule has 1 atom stereocenters. The van der Waals surface area contributed by atoms with Crippen molar-refractivity contribution in [3.63, 3.8) is 0 Å². The molecule has 3 heterocycles. The van der Waals surface area contributed by atoms with Crippen LogP contribution in [-0.2, 0) is 24.3 Å². The first-order valence-corrected chi connectivity index (χ1v) is 10.6. The van der Waals surface area contributed by atoms with Gasteiger partial charge in [0.2, 0.25) is 5.91 Å². The van der Waals surface area contributed by atoms with Crippen LogP contribution in [0.4, 0.5) is 0 Å². The highest BCUT2D eigenvalue weighted by molar-refractivity contribution is 7.71. The molecule has 2 N–H and O–H groups in total. The molecule has 1 unspecified atom stereocenters. The number of aromatic amines is 1. The third-order valence-electron chi connectivity index (χ3n) is 4.76. The van der Waals surface area contributed by atoms with Crippen molar-refractivity contribution in [3.8, 4) is 0 Å². The molecular formula is C18H27N5OS2. The van der Waals surface area contributed by atoms with E-state index in [1.54, 1.807) is 4.57 Å². The maximum Gasteiger partial charge on any atom is 0.240 e. The van der Waals surface area contributed by atoms with Gasteiger partial charge in [-0.3, -0.25) is 19.4 Å². The predicted molar refractivity (Wildman–Crippen MR) is 107 cm³/mol. The number of thiophene rings is 1. The molecule has 1 amide bonds. The Morgan fingerprint density at radius 2 is 2.42 bits per heavy atom. The molecule has 2 aromatic rings. The van der Waals surface area contributed by atoms with Crippen LogP contribution < -0.4 is 5.32 Å². The van der Waals surface area contributed by atoms with Crippen LogP contribution in [0, 0.1) is 10.7 Å². The molecule has 1 aliphatic rings. The van der Waals surface area contributed by atoms with E-state index < -0.39 is 0 Å². The Kier molecular flexibility index (Phi) is 6.99. The normalized spacial score (nSPS) is 18.1. The summed E-state index contributed by atoms with van der Waals surface area (Å²) in [5.41, 5.74) is 0. The molecule has 6 nitrogen and oxygen atoms in total. The minimum atomic E-state index is 0.00948. The molecule has 1 aliphatic heterocycles. The number of aryl methyl sites for hydroxylation is 1. The summed E-state index contributed by atoms with van der Waals surface area (Å²) in [4.78, 5) is 16.3. The molecule has 0 saturated carbocycles. The number of rotatable bonds is 8. The lowest BCUT2D eigenvalue weighted by Gasteiger charge is -2.32. The number of carbonyl (C=O) groups is 1. The van der Waals surface area contributed by atoms with Crippen LogP contribution in [0.25, 0.3) is 0 Å². The Morgan fingerprint density at radius 3 is 3.19 bits per heavy atom. The quantitative estimate of drug-likeness (QED) is 0.677. The van der Waals surface area contributed by atoms with Crippen LogP contribution in [0.1, 0.15) is 36.9 Å². The molecule has 0 aromatic carbocycles. The Morgan fingerprint density at radius 1 is 1.54 bits per heavy atom. The SMILES string of the molecule is CCCc1n[nH]c(=S)n1CC(=O)NCC1CCCN(Cc2cccs2)C1. The van der Waals surface area contributed by atoms with E-state index in [2.05, 4.69) is 44.9 Å². The van der Waals surface area contributed by atoms with Crippen molar-refractivity contribution in [2.24, 2.45) is 5.92 Å². The Balaban J connectivity index is 1.47. The van der Waals surface area contributed by atoms with Gasteiger partial charge in [-0.1, -0.05) is 13.0 Å². The summed E-state index contributed by atoms with van der Waals surface area (Å²) in [6.07, 6.45) is 4.16. The second-order valence-electron chi connectivity index (χ2n) is 6.91. The van der Waals surface area contributed by atoms with Gasteiger partial charge in [-0.25, -0.2) is 0 Å². The van der Waals surface area contributed by atoms with Gasteiger partial charge >= 0.3 is 0 Å². The highest BCUT2D eigenvalue weighted by Gasteiger charge is 2.21. The summed E-state index contributed by atoms with van der Waals surface area (Å²) in [5.74, 6) is 1.38. The van der Waals surface area contributed by atoms with Gasteiger partial charge in [0.15, 0.2) is 4.77 Å². The molecule has 2 aromatic heterocycles. The van der Waals surface area contributed by atoms with Crippen molar-refractivity contribution in [1.29, 1.82) is 0 Å². The van der Waals surface area contributed by atoms with Gasteiger partial charge in [0, 0.05) is 30.9 Å². The largest absolute Gasteiger partial charge is 0.354 e. The third-order valence-corrected chi connectivity index (χ3v) is 5.94. The molecule has 3 rings (SSSR count). The van der Waals surface area contributed by atoms with Gasteiger partial charge in [-0.05, 0) is 55.4 Å². The van der Waals surface area contributed by atoms with Gasteiger partial charge in [0.05, 0.1) is 0 Å². The summed E-state index contributed by atoms with van der Waals surface area (Å²) >= 11 is 7.06. The molecule has 1 fully saturated rings. The number of nitrogens with one attached hydrogen (secondary N) is 2. The smallest absolute Gasteiger partial charge is 0.240 e. The van der Waals surface area contributed by atoms with Crippen LogP contribution in [0.15, 0.2) is 17.5 Å². The van der Waals surface area contributed by atoms with E-state index in [0.717, 1.165) is 44.8 Å². The monoisotopic (exact) mass is 393 g/mol. The molecule has 0 spiro atoms. The molecule has 8 heteroatoms. The van der Waals surface area contributed by atoms with Gasteiger partial charge in [0.25, 0.3) is 0 Å². The third kappa shape index (κ3) is 5.25. The lowest BCUT2D eigenvalue weighted by atomic mass is 9.98. The Labute approximate surface area is 163 Å².